The number of rotatable bonds is 6. The van der Waals surface area contributed by atoms with Gasteiger partial charge in [0.2, 0.25) is 6.41 Å². The molecule has 0 bridgehead atoms. The Morgan fingerprint density at radius 2 is 2.17 bits per heavy atom. The van der Waals surface area contributed by atoms with Crippen LogP contribution in [0, 0.1) is 0 Å². The highest BCUT2D eigenvalue weighted by molar-refractivity contribution is 7.51. The minimum absolute atomic E-state index is 0.186. The number of hydrogen-bond donors (Lipinski definition) is 2. The maximum absolute atomic E-state index is 10.3. The Labute approximate surface area is 70.2 Å². The average molecular weight is 197 g/mol. The van der Waals surface area contributed by atoms with Crippen molar-refractivity contribution >= 4 is 14.0 Å². The molecule has 0 unspecified atom stereocenters. The maximum atomic E-state index is 10.3. The maximum Gasteiger partial charge on any atom is 0.325 e. The fourth-order valence-electron chi connectivity index (χ4n) is 0.620. The van der Waals surface area contributed by atoms with Gasteiger partial charge in [-0.1, -0.05) is 0 Å². The summed E-state index contributed by atoms with van der Waals surface area (Å²) < 4.78 is 10.3. The van der Waals surface area contributed by atoms with E-state index in [1.165, 1.54) is 7.11 Å². The topological polar surface area (TPSA) is 87.1 Å². The number of amides is 1. The number of carbonyl (C=O) groups is 1. The second kappa shape index (κ2) is 5.27. The van der Waals surface area contributed by atoms with E-state index in [1.54, 1.807) is 0 Å². The van der Waals surface area contributed by atoms with E-state index in [2.05, 4.69) is 4.84 Å². The molecule has 72 valence electrons. The van der Waals surface area contributed by atoms with Crippen molar-refractivity contribution in [2.45, 2.75) is 6.42 Å². The highest BCUT2D eigenvalue weighted by atomic mass is 31.2. The van der Waals surface area contributed by atoms with Crippen LogP contribution in [-0.4, -0.2) is 41.1 Å². The van der Waals surface area contributed by atoms with Crippen LogP contribution in [0.2, 0.25) is 0 Å². The quantitative estimate of drug-likeness (QED) is 0.343. The zero-order valence-electron chi connectivity index (χ0n) is 6.71. The van der Waals surface area contributed by atoms with Gasteiger partial charge < -0.3 is 9.79 Å². The zero-order chi connectivity index (χ0) is 9.61. The van der Waals surface area contributed by atoms with Crippen LogP contribution in [0.15, 0.2) is 0 Å². The minimum atomic E-state index is -3.94. The van der Waals surface area contributed by atoms with Crippen LogP contribution in [0.25, 0.3) is 0 Å². The van der Waals surface area contributed by atoms with Crippen LogP contribution in [0.4, 0.5) is 0 Å². The van der Waals surface area contributed by atoms with Crippen molar-refractivity contribution in [3.63, 3.8) is 0 Å². The van der Waals surface area contributed by atoms with Gasteiger partial charge in [-0.3, -0.25) is 14.2 Å². The first-order valence-electron chi connectivity index (χ1n) is 3.30. The second-order valence-corrected chi connectivity index (χ2v) is 3.95. The summed E-state index contributed by atoms with van der Waals surface area (Å²) in [5.41, 5.74) is 0. The third kappa shape index (κ3) is 6.30. The lowest BCUT2D eigenvalue weighted by molar-refractivity contribution is -0.160. The molecule has 6 nitrogen and oxygen atoms in total. The average Bonchev–Trinajstić information content (AvgIpc) is 1.96. The molecule has 0 radical (unpaired) electrons. The van der Waals surface area contributed by atoms with E-state index in [-0.39, 0.29) is 19.1 Å². The van der Waals surface area contributed by atoms with Gasteiger partial charge in [0.1, 0.15) is 0 Å². The Balaban J connectivity index is 3.55. The van der Waals surface area contributed by atoms with Gasteiger partial charge in [0.15, 0.2) is 0 Å². The van der Waals surface area contributed by atoms with Gasteiger partial charge in [-0.2, -0.15) is 0 Å². The van der Waals surface area contributed by atoms with Crippen molar-refractivity contribution in [3.8, 4) is 0 Å². The monoisotopic (exact) mass is 197 g/mol. The summed E-state index contributed by atoms with van der Waals surface area (Å²) in [6.45, 7) is 0.186. The van der Waals surface area contributed by atoms with Gasteiger partial charge in [0, 0.05) is 6.54 Å². The van der Waals surface area contributed by atoms with E-state index in [4.69, 9.17) is 9.79 Å². The molecule has 0 aromatic carbocycles. The molecule has 0 heterocycles. The lowest BCUT2D eigenvalue weighted by atomic mass is 10.5. The Kier molecular flexibility index (Phi) is 5.08. The summed E-state index contributed by atoms with van der Waals surface area (Å²) in [7, 11) is -2.63. The van der Waals surface area contributed by atoms with Crippen molar-refractivity contribution in [2.75, 3.05) is 19.8 Å². The van der Waals surface area contributed by atoms with E-state index in [0.29, 0.717) is 6.41 Å². The highest BCUT2D eigenvalue weighted by Crippen LogP contribution is 2.34. The summed E-state index contributed by atoms with van der Waals surface area (Å²) >= 11 is 0. The predicted octanol–water partition coefficient (Wildman–Crippen LogP) is -0.426. The Morgan fingerprint density at radius 3 is 2.50 bits per heavy atom. The van der Waals surface area contributed by atoms with Crippen molar-refractivity contribution in [3.05, 3.63) is 0 Å². The molecule has 0 spiro atoms. The fourth-order valence-corrected chi connectivity index (χ4v) is 1.17. The first kappa shape index (κ1) is 11.6. The van der Waals surface area contributed by atoms with E-state index < -0.39 is 7.60 Å². The van der Waals surface area contributed by atoms with Gasteiger partial charge in [-0.25, -0.2) is 5.06 Å². The van der Waals surface area contributed by atoms with Crippen molar-refractivity contribution in [1.29, 1.82) is 0 Å². The molecule has 0 aromatic rings. The first-order chi connectivity index (χ1) is 5.49. The number of carbonyl (C=O) groups excluding carboxylic acids is 1. The molecule has 0 aliphatic carbocycles. The molecule has 1 amide bonds. The lowest BCUT2D eigenvalue weighted by Crippen LogP contribution is -2.22. The summed E-state index contributed by atoms with van der Waals surface area (Å²) in [4.78, 5) is 31.5. The number of nitrogens with zero attached hydrogens (tertiary/aromatic N) is 1. The Bertz CT molecular complexity index is 179. The van der Waals surface area contributed by atoms with Crippen LogP contribution in [0.1, 0.15) is 6.42 Å². The van der Waals surface area contributed by atoms with Gasteiger partial charge >= 0.3 is 7.60 Å². The second-order valence-electron chi connectivity index (χ2n) is 2.17. The molecule has 0 rings (SSSR count). The predicted molar refractivity (Wildman–Crippen MR) is 41.3 cm³/mol. The van der Waals surface area contributed by atoms with Gasteiger partial charge in [-0.15, -0.1) is 0 Å². The van der Waals surface area contributed by atoms with E-state index in [0.717, 1.165) is 5.06 Å². The molecule has 0 saturated carbocycles. The Morgan fingerprint density at radius 1 is 1.58 bits per heavy atom. The van der Waals surface area contributed by atoms with E-state index in [9.17, 15) is 9.36 Å². The van der Waals surface area contributed by atoms with Gasteiger partial charge in [-0.05, 0) is 6.42 Å². The largest absolute Gasteiger partial charge is 0.325 e. The van der Waals surface area contributed by atoms with Crippen molar-refractivity contribution in [2.24, 2.45) is 0 Å². The number of hydrogen-bond acceptors (Lipinski definition) is 3. The van der Waals surface area contributed by atoms with Crippen molar-refractivity contribution < 1.29 is 24.0 Å². The SMILES string of the molecule is CON(C=O)CCCP(=O)(O)O. The standard InChI is InChI=1S/C5H12NO5P/c1-11-6(5-7)3-2-4-12(8,9)10/h5H,2-4H2,1H3,(H2,8,9,10). The summed E-state index contributed by atoms with van der Waals surface area (Å²) in [6.07, 6.45) is 0.442. The summed E-state index contributed by atoms with van der Waals surface area (Å²) in [5, 5.41) is 0.968. The molecule has 2 N–H and O–H groups in total. The third-order valence-corrected chi connectivity index (χ3v) is 2.08. The zero-order valence-corrected chi connectivity index (χ0v) is 7.61. The fraction of sp³-hybridized carbons (Fsp3) is 0.800. The normalized spacial score (nSPS) is 11.2. The summed E-state index contributed by atoms with van der Waals surface area (Å²) in [5.74, 6) is 0. The first-order valence-corrected chi connectivity index (χ1v) is 5.10. The summed E-state index contributed by atoms with van der Waals surface area (Å²) in [6, 6.07) is 0. The lowest BCUT2D eigenvalue weighted by Gasteiger charge is -2.13. The molecule has 0 saturated heterocycles. The van der Waals surface area contributed by atoms with Crippen LogP contribution < -0.4 is 0 Å². The smallest absolute Gasteiger partial charge is 0.324 e. The molecular formula is C5H12NO5P. The molecular weight excluding hydrogens is 185 g/mol. The molecule has 0 fully saturated rings. The third-order valence-electron chi connectivity index (χ3n) is 1.18. The molecule has 12 heavy (non-hydrogen) atoms. The van der Waals surface area contributed by atoms with Gasteiger partial charge in [0.05, 0.1) is 13.3 Å². The van der Waals surface area contributed by atoms with Crippen molar-refractivity contribution in [1.82, 2.24) is 5.06 Å². The van der Waals surface area contributed by atoms with Crippen LogP contribution >= 0.6 is 7.60 Å². The molecule has 0 aromatic heterocycles. The van der Waals surface area contributed by atoms with Crippen LogP contribution in [0.3, 0.4) is 0 Å². The number of hydroxylamine groups is 2. The molecule has 0 aliphatic heterocycles. The molecule has 7 heteroatoms. The Hall–Kier alpha value is -0.420. The van der Waals surface area contributed by atoms with Crippen LogP contribution in [-0.2, 0) is 14.2 Å². The minimum Gasteiger partial charge on any atom is -0.324 e. The van der Waals surface area contributed by atoms with Crippen LogP contribution in [0.5, 0.6) is 0 Å². The molecule has 0 aliphatic rings. The van der Waals surface area contributed by atoms with E-state index in [1.807, 2.05) is 0 Å². The molecule has 0 atom stereocenters. The van der Waals surface area contributed by atoms with E-state index >= 15 is 0 Å². The van der Waals surface area contributed by atoms with Gasteiger partial charge in [0.25, 0.3) is 0 Å². The highest BCUT2D eigenvalue weighted by Gasteiger charge is 2.12.